The number of hydrogen-bond donors (Lipinski definition) is 0. The quantitative estimate of drug-likeness (QED) is 0.154. The van der Waals surface area contributed by atoms with E-state index in [4.69, 9.17) is 0 Å². The van der Waals surface area contributed by atoms with Crippen molar-refractivity contribution in [2.45, 2.75) is 44.1 Å². The van der Waals surface area contributed by atoms with Crippen LogP contribution in [0.3, 0.4) is 0 Å². The molecule has 1 unspecified atom stereocenters. The topological polar surface area (TPSA) is 0 Å². The zero-order valence-corrected chi connectivity index (χ0v) is 25.0. The maximum atomic E-state index is 2.30. The van der Waals surface area contributed by atoms with Crippen molar-refractivity contribution in [1.82, 2.24) is 0 Å². The van der Waals surface area contributed by atoms with E-state index >= 15 is 0 Å². The minimum Gasteiger partial charge on any atom is -0.0901 e. The van der Waals surface area contributed by atoms with Crippen LogP contribution in [0.1, 0.15) is 0 Å². The van der Waals surface area contributed by atoms with Crippen LogP contribution < -0.4 is 0 Å². The monoisotopic (exact) mass is 587 g/mol. The van der Waals surface area contributed by atoms with Gasteiger partial charge in [-0.3, -0.25) is 0 Å². The van der Waals surface area contributed by atoms with E-state index in [1.165, 1.54) is 44.1 Å². The van der Waals surface area contributed by atoms with Gasteiger partial charge in [0.1, 0.15) is 0 Å². The fourth-order valence-electron chi connectivity index (χ4n) is 4.21. The van der Waals surface area contributed by atoms with Crippen LogP contribution in [-0.2, 0) is 10.9 Å². The average Bonchev–Trinajstić information content (AvgIpc) is 3.02. The van der Waals surface area contributed by atoms with Crippen LogP contribution in [0.25, 0.3) is 0 Å². The molecule has 6 aromatic carbocycles. The fraction of sp³-hybridized carbons (Fsp3) is 0. The van der Waals surface area contributed by atoms with Gasteiger partial charge in [-0.1, -0.05) is 89.9 Å². The lowest BCUT2D eigenvalue weighted by Gasteiger charge is -2.10. The molecule has 0 saturated carbocycles. The second-order valence-electron chi connectivity index (χ2n) is 8.97. The predicted molar refractivity (Wildman–Crippen MR) is 173 cm³/mol. The Kier molecular flexibility index (Phi) is 9.01. The Hall–Kier alpha value is -3.28. The van der Waals surface area contributed by atoms with Crippen molar-refractivity contribution in [1.29, 1.82) is 0 Å². The predicted octanol–water partition coefficient (Wildman–Crippen LogP) is 11.2. The lowest BCUT2D eigenvalue weighted by Crippen LogP contribution is -2.04. The first kappa shape index (κ1) is 26.9. The molecule has 0 aliphatic heterocycles. The molecule has 0 aliphatic rings. The zero-order valence-electron chi connectivity index (χ0n) is 21.7. The van der Waals surface area contributed by atoms with Crippen molar-refractivity contribution in [3.8, 4) is 0 Å². The molecule has 40 heavy (non-hydrogen) atoms. The van der Waals surface area contributed by atoms with Crippen LogP contribution in [-0.4, -0.2) is 0 Å². The first-order valence-electron chi connectivity index (χ1n) is 13.0. The van der Waals surface area contributed by atoms with Crippen molar-refractivity contribution in [2.24, 2.45) is 0 Å². The maximum Gasteiger partial charge on any atom is 0.166 e. The molecule has 4 heteroatoms. The van der Waals surface area contributed by atoms with Gasteiger partial charge in [0.15, 0.2) is 14.7 Å². The second-order valence-corrected chi connectivity index (χ2v) is 14.4. The van der Waals surface area contributed by atoms with Crippen molar-refractivity contribution in [2.75, 3.05) is 0 Å². The zero-order chi connectivity index (χ0) is 27.0. The number of rotatable bonds is 9. The van der Waals surface area contributed by atoms with Gasteiger partial charge < -0.3 is 0 Å². The van der Waals surface area contributed by atoms with E-state index in [0.717, 1.165) is 0 Å². The van der Waals surface area contributed by atoms with Crippen molar-refractivity contribution < 1.29 is 0 Å². The summed E-state index contributed by atoms with van der Waals surface area (Å²) in [6.45, 7) is 0. The highest BCUT2D eigenvalue weighted by Gasteiger charge is 2.28. The molecule has 0 aliphatic carbocycles. The van der Waals surface area contributed by atoms with Crippen molar-refractivity contribution in [3.63, 3.8) is 0 Å². The highest BCUT2D eigenvalue weighted by Crippen LogP contribution is 2.36. The van der Waals surface area contributed by atoms with Gasteiger partial charge in [0, 0.05) is 29.4 Å². The van der Waals surface area contributed by atoms with E-state index in [1.54, 1.807) is 23.5 Å². The third kappa shape index (κ3) is 7.07. The van der Waals surface area contributed by atoms with Gasteiger partial charge in [0.2, 0.25) is 0 Å². The molecule has 0 spiro atoms. The minimum absolute atomic E-state index is 0.168. The Balaban J connectivity index is 1.18. The summed E-state index contributed by atoms with van der Waals surface area (Å²) in [6, 6.07) is 59.0. The Morgan fingerprint density at radius 1 is 0.250 bits per heavy atom. The first-order chi connectivity index (χ1) is 19.8. The van der Waals surface area contributed by atoms with Crippen LogP contribution >= 0.6 is 35.3 Å². The lowest BCUT2D eigenvalue weighted by atomic mass is 10.3. The third-order valence-electron chi connectivity index (χ3n) is 6.12. The van der Waals surface area contributed by atoms with E-state index in [2.05, 4.69) is 164 Å². The van der Waals surface area contributed by atoms with E-state index in [1.807, 2.05) is 11.8 Å². The van der Waals surface area contributed by atoms with Crippen LogP contribution in [0.2, 0.25) is 0 Å². The summed E-state index contributed by atoms with van der Waals surface area (Å²) >= 11 is 5.41. The fourth-order valence-corrected chi connectivity index (χ4v) is 8.77. The van der Waals surface area contributed by atoms with Gasteiger partial charge in [-0.05, 0) is 109 Å². The highest BCUT2D eigenvalue weighted by molar-refractivity contribution is 8.00. The Morgan fingerprint density at radius 3 is 0.850 bits per heavy atom. The molecule has 6 aromatic rings. The van der Waals surface area contributed by atoms with E-state index in [0.29, 0.717) is 0 Å². The smallest absolute Gasteiger partial charge is 0.0901 e. The summed E-state index contributed by atoms with van der Waals surface area (Å²) in [6.07, 6.45) is 0. The SMILES string of the molecule is c1ccc(Sc2ccc(Sc3ccc([S+](c4ccccc4)c4ccc(Sc5ccccc5)cc4)cc3)cc2)cc1. The third-order valence-corrected chi connectivity index (χ3v) is 11.4. The van der Waals surface area contributed by atoms with E-state index in [-0.39, 0.29) is 10.9 Å². The summed E-state index contributed by atoms with van der Waals surface area (Å²) in [4.78, 5) is 11.5. The summed E-state index contributed by atoms with van der Waals surface area (Å²) in [5.41, 5.74) is 0. The molecule has 0 saturated heterocycles. The summed E-state index contributed by atoms with van der Waals surface area (Å²) in [5, 5.41) is 0. The van der Waals surface area contributed by atoms with E-state index < -0.39 is 0 Å². The van der Waals surface area contributed by atoms with Gasteiger partial charge in [-0.25, -0.2) is 0 Å². The van der Waals surface area contributed by atoms with Crippen LogP contribution in [0.4, 0.5) is 0 Å². The molecular weight excluding hydrogens is 561 g/mol. The van der Waals surface area contributed by atoms with Gasteiger partial charge >= 0.3 is 0 Å². The minimum atomic E-state index is -0.168. The molecule has 0 bridgehead atoms. The molecule has 0 fully saturated rings. The van der Waals surface area contributed by atoms with Gasteiger partial charge in [-0.15, -0.1) is 0 Å². The maximum absolute atomic E-state index is 2.30. The molecule has 0 nitrogen and oxygen atoms in total. The Labute approximate surface area is 252 Å². The second kappa shape index (κ2) is 13.4. The first-order valence-corrected chi connectivity index (χ1v) is 16.7. The standard InChI is InChI=1S/C36H27S4/c1-4-10-28(11-5-1)37-30-16-18-31(19-17-30)39-33-22-26-36(27-23-33)40(34-14-8-3-9-15-34)35-24-20-32(21-25-35)38-29-12-6-2-7-13-29/h1-27H/q+1. The summed E-state index contributed by atoms with van der Waals surface area (Å²) in [5.74, 6) is 0. The summed E-state index contributed by atoms with van der Waals surface area (Å²) < 4.78 is 0. The van der Waals surface area contributed by atoms with Gasteiger partial charge in [-0.2, -0.15) is 0 Å². The molecule has 1 atom stereocenters. The number of hydrogen-bond acceptors (Lipinski definition) is 3. The van der Waals surface area contributed by atoms with Crippen LogP contribution in [0.15, 0.2) is 208 Å². The Morgan fingerprint density at radius 2 is 0.500 bits per heavy atom. The molecule has 0 N–H and O–H groups in total. The Bertz CT molecular complexity index is 1620. The molecule has 194 valence electrons. The van der Waals surface area contributed by atoms with Gasteiger partial charge in [0.05, 0.1) is 10.9 Å². The molecule has 0 radical (unpaired) electrons. The van der Waals surface area contributed by atoms with Gasteiger partial charge in [0.25, 0.3) is 0 Å². The van der Waals surface area contributed by atoms with Crippen LogP contribution in [0.5, 0.6) is 0 Å². The van der Waals surface area contributed by atoms with Crippen molar-refractivity contribution in [3.05, 3.63) is 164 Å². The highest BCUT2D eigenvalue weighted by atomic mass is 32.2. The van der Waals surface area contributed by atoms with Crippen LogP contribution in [0, 0.1) is 0 Å². The molecule has 6 rings (SSSR count). The lowest BCUT2D eigenvalue weighted by molar-refractivity contribution is 1.26. The largest absolute Gasteiger partial charge is 0.166 e. The average molecular weight is 588 g/mol. The molecular formula is C36H27S4+. The molecule has 0 amide bonds. The molecule has 0 aromatic heterocycles. The number of benzene rings is 6. The van der Waals surface area contributed by atoms with Crippen molar-refractivity contribution >= 4 is 46.2 Å². The summed E-state index contributed by atoms with van der Waals surface area (Å²) in [7, 11) is -0.168. The van der Waals surface area contributed by atoms with E-state index in [9.17, 15) is 0 Å². The normalized spacial score (nSPS) is 11.7. The molecule has 0 heterocycles.